The van der Waals surface area contributed by atoms with Gasteiger partial charge < -0.3 is 5.32 Å². The molecule has 1 aromatic rings. The monoisotopic (exact) mass is 255 g/mol. The third-order valence-corrected chi connectivity index (χ3v) is 2.47. The van der Waals surface area contributed by atoms with Gasteiger partial charge in [0.25, 0.3) is 0 Å². The molecule has 0 unspecified atom stereocenters. The van der Waals surface area contributed by atoms with Crippen LogP contribution in [0.15, 0.2) is 18.2 Å². The summed E-state index contributed by atoms with van der Waals surface area (Å²) in [6, 6.07) is 2.52. The van der Waals surface area contributed by atoms with Crippen LogP contribution in [0.4, 0.5) is 17.6 Å². The molecule has 0 spiro atoms. The highest BCUT2D eigenvalue weighted by Gasteiger charge is 2.32. The van der Waals surface area contributed by atoms with E-state index in [2.05, 4.69) is 5.32 Å². The van der Waals surface area contributed by atoms with E-state index in [0.29, 0.717) is 11.6 Å². The zero-order valence-electron chi connectivity index (χ0n) is 8.14. The molecule has 1 fully saturated rings. The fourth-order valence-corrected chi connectivity index (χ4v) is 1.55. The van der Waals surface area contributed by atoms with Crippen molar-refractivity contribution in [3.8, 4) is 0 Å². The number of hydrogen-bond donors (Lipinski definition) is 1. The van der Waals surface area contributed by atoms with Crippen molar-refractivity contribution in [2.75, 3.05) is 6.54 Å². The Labute approximate surface area is 96.3 Å². The van der Waals surface area contributed by atoms with Crippen molar-refractivity contribution in [2.24, 2.45) is 0 Å². The molecule has 1 aliphatic heterocycles. The van der Waals surface area contributed by atoms with Crippen LogP contribution in [0.1, 0.15) is 23.6 Å². The molecule has 6 heteroatoms. The Morgan fingerprint density at radius 2 is 1.81 bits per heavy atom. The molecule has 1 heterocycles. The highest BCUT2D eigenvalue weighted by Crippen LogP contribution is 2.33. The molecule has 1 aromatic carbocycles. The first-order valence-electron chi connectivity index (χ1n) is 4.58. The summed E-state index contributed by atoms with van der Waals surface area (Å²) in [5.41, 5.74) is -0.556. The molecule has 0 bridgehead atoms. The van der Waals surface area contributed by atoms with E-state index in [1.54, 1.807) is 0 Å². The van der Waals surface area contributed by atoms with Gasteiger partial charge in [-0.1, -0.05) is 0 Å². The van der Waals surface area contributed by atoms with E-state index < -0.39 is 17.6 Å². The zero-order chi connectivity index (χ0) is 11.1. The Bertz CT molecular complexity index is 374. The average molecular weight is 256 g/mol. The second kappa shape index (κ2) is 4.59. The molecule has 0 radical (unpaired) electrons. The van der Waals surface area contributed by atoms with E-state index in [4.69, 9.17) is 0 Å². The summed E-state index contributed by atoms with van der Waals surface area (Å²) in [6.07, 6.45) is -3.73. The van der Waals surface area contributed by atoms with E-state index >= 15 is 0 Å². The van der Waals surface area contributed by atoms with E-state index in [-0.39, 0.29) is 18.4 Å². The number of nitrogens with one attached hydrogen (secondary N) is 1. The summed E-state index contributed by atoms with van der Waals surface area (Å²) in [5.74, 6) is -0.839. The maximum atomic E-state index is 13.0. The lowest BCUT2D eigenvalue weighted by molar-refractivity contribution is -0.137. The predicted molar refractivity (Wildman–Crippen MR) is 54.0 cm³/mol. The maximum absolute atomic E-state index is 13.0. The number of benzene rings is 1. The molecule has 0 aromatic heterocycles. The van der Waals surface area contributed by atoms with E-state index in [9.17, 15) is 17.6 Å². The van der Waals surface area contributed by atoms with Gasteiger partial charge in [-0.2, -0.15) is 13.2 Å². The highest BCUT2D eigenvalue weighted by molar-refractivity contribution is 5.85. The van der Waals surface area contributed by atoms with Gasteiger partial charge in [0.15, 0.2) is 0 Å². The van der Waals surface area contributed by atoms with Crippen molar-refractivity contribution in [3.63, 3.8) is 0 Å². The van der Waals surface area contributed by atoms with Crippen LogP contribution in [-0.2, 0) is 6.18 Å². The Morgan fingerprint density at radius 1 is 1.19 bits per heavy atom. The highest BCUT2D eigenvalue weighted by atomic mass is 35.5. The molecule has 2 rings (SSSR count). The third kappa shape index (κ3) is 2.65. The molecule has 0 amide bonds. The van der Waals surface area contributed by atoms with Crippen LogP contribution >= 0.6 is 12.4 Å². The lowest BCUT2D eigenvalue weighted by Crippen LogP contribution is -2.35. The molecule has 1 N–H and O–H groups in total. The fraction of sp³-hybridized carbons (Fsp3) is 0.400. The molecule has 0 aliphatic carbocycles. The lowest BCUT2D eigenvalue weighted by atomic mass is 9.96. The number of hydrogen-bond acceptors (Lipinski definition) is 1. The van der Waals surface area contributed by atoms with Crippen molar-refractivity contribution in [1.82, 2.24) is 5.32 Å². The standard InChI is InChI=1S/C10H9F4N.ClH/c11-8-4-6(9-1-2-15-9)3-7(5-8)10(12,13)14;/h3-5,9,15H,1-2H2;1H/t9-;/m0./s1. The minimum atomic E-state index is -4.49. The van der Waals surface area contributed by atoms with Gasteiger partial charge >= 0.3 is 6.18 Å². The molecular formula is C10H10ClF4N. The van der Waals surface area contributed by atoms with Crippen LogP contribution in [0.5, 0.6) is 0 Å². The second-order valence-corrected chi connectivity index (χ2v) is 3.57. The first-order valence-corrected chi connectivity index (χ1v) is 4.58. The van der Waals surface area contributed by atoms with Crippen molar-refractivity contribution in [1.29, 1.82) is 0 Å². The number of rotatable bonds is 1. The van der Waals surface area contributed by atoms with Crippen LogP contribution in [0.3, 0.4) is 0 Å². The maximum Gasteiger partial charge on any atom is 0.416 e. The Hall–Kier alpha value is -0.810. The summed E-state index contributed by atoms with van der Waals surface area (Å²) < 4.78 is 50.0. The van der Waals surface area contributed by atoms with Crippen molar-refractivity contribution in [2.45, 2.75) is 18.6 Å². The van der Waals surface area contributed by atoms with Gasteiger partial charge in [-0.05, 0) is 36.7 Å². The largest absolute Gasteiger partial charge is 0.416 e. The lowest BCUT2D eigenvalue weighted by Gasteiger charge is -2.28. The molecule has 1 nitrogen and oxygen atoms in total. The van der Waals surface area contributed by atoms with E-state index in [0.717, 1.165) is 25.1 Å². The molecule has 1 aliphatic rings. The van der Waals surface area contributed by atoms with E-state index in [1.807, 2.05) is 0 Å². The fourth-order valence-electron chi connectivity index (χ4n) is 1.55. The summed E-state index contributed by atoms with van der Waals surface area (Å²) in [7, 11) is 0. The zero-order valence-corrected chi connectivity index (χ0v) is 8.96. The Kier molecular flexibility index (Phi) is 3.80. The first-order chi connectivity index (χ1) is 6.97. The summed E-state index contributed by atoms with van der Waals surface area (Å²) >= 11 is 0. The van der Waals surface area contributed by atoms with E-state index in [1.165, 1.54) is 0 Å². The van der Waals surface area contributed by atoms with Crippen LogP contribution in [0.25, 0.3) is 0 Å². The van der Waals surface area contributed by atoms with Gasteiger partial charge in [-0.3, -0.25) is 0 Å². The SMILES string of the molecule is Cl.Fc1cc([C@@H]2CCN2)cc(C(F)(F)F)c1. The number of halogens is 5. The quantitative estimate of drug-likeness (QED) is 0.760. The predicted octanol–water partition coefficient (Wildman–Crippen LogP) is 3.30. The van der Waals surface area contributed by atoms with Gasteiger partial charge in [-0.25, -0.2) is 4.39 Å². The van der Waals surface area contributed by atoms with Gasteiger partial charge in [0.2, 0.25) is 0 Å². The molecule has 16 heavy (non-hydrogen) atoms. The Balaban J connectivity index is 0.00000128. The average Bonchev–Trinajstić information content (AvgIpc) is 1.97. The first kappa shape index (κ1) is 13.3. The van der Waals surface area contributed by atoms with Gasteiger partial charge in [0.05, 0.1) is 5.56 Å². The van der Waals surface area contributed by atoms with Gasteiger partial charge in [-0.15, -0.1) is 12.4 Å². The summed E-state index contributed by atoms with van der Waals surface area (Å²) in [5, 5.41) is 2.93. The van der Waals surface area contributed by atoms with Crippen LogP contribution < -0.4 is 5.32 Å². The molecule has 1 saturated heterocycles. The van der Waals surface area contributed by atoms with Gasteiger partial charge in [0.1, 0.15) is 5.82 Å². The topological polar surface area (TPSA) is 12.0 Å². The minimum absolute atomic E-state index is 0. The van der Waals surface area contributed by atoms with Crippen molar-refractivity contribution < 1.29 is 17.6 Å². The molecule has 90 valence electrons. The minimum Gasteiger partial charge on any atom is -0.310 e. The number of alkyl halides is 3. The smallest absolute Gasteiger partial charge is 0.310 e. The van der Waals surface area contributed by atoms with Gasteiger partial charge in [0, 0.05) is 6.04 Å². The summed E-state index contributed by atoms with van der Waals surface area (Å²) in [4.78, 5) is 0. The van der Waals surface area contributed by atoms with Crippen LogP contribution in [-0.4, -0.2) is 6.54 Å². The third-order valence-electron chi connectivity index (χ3n) is 2.47. The molecular weight excluding hydrogens is 246 g/mol. The molecule has 1 atom stereocenters. The second-order valence-electron chi connectivity index (χ2n) is 3.57. The van der Waals surface area contributed by atoms with Crippen molar-refractivity contribution >= 4 is 12.4 Å². The van der Waals surface area contributed by atoms with Crippen LogP contribution in [0, 0.1) is 5.82 Å². The Morgan fingerprint density at radius 3 is 2.25 bits per heavy atom. The normalized spacial score (nSPS) is 19.9. The van der Waals surface area contributed by atoms with Crippen molar-refractivity contribution in [3.05, 3.63) is 35.1 Å². The summed E-state index contributed by atoms with van der Waals surface area (Å²) in [6.45, 7) is 0.766. The molecule has 0 saturated carbocycles. The van der Waals surface area contributed by atoms with Crippen LogP contribution in [0.2, 0.25) is 0 Å².